The third kappa shape index (κ3) is 3.22. The normalized spacial score (nSPS) is 14.0. The number of ether oxygens (including phenoxy) is 2. The maximum atomic E-state index is 5.47. The van der Waals surface area contributed by atoms with Gasteiger partial charge in [-0.15, -0.1) is 0 Å². The Balaban J connectivity index is 1.86. The minimum absolute atomic E-state index is 0.709. The molecule has 2 aromatic rings. The van der Waals surface area contributed by atoms with Gasteiger partial charge in [0.05, 0.1) is 19.9 Å². The van der Waals surface area contributed by atoms with Crippen molar-refractivity contribution in [1.29, 1.82) is 0 Å². The predicted octanol–water partition coefficient (Wildman–Crippen LogP) is 3.33. The van der Waals surface area contributed by atoms with E-state index in [-0.39, 0.29) is 0 Å². The molecule has 0 aliphatic heterocycles. The van der Waals surface area contributed by atoms with Crippen LogP contribution in [0.5, 0.6) is 11.5 Å². The molecule has 1 saturated carbocycles. The van der Waals surface area contributed by atoms with Gasteiger partial charge in [-0.3, -0.25) is 4.98 Å². The molecule has 0 saturated heterocycles. The van der Waals surface area contributed by atoms with Gasteiger partial charge in [-0.25, -0.2) is 0 Å². The minimum Gasteiger partial charge on any atom is -0.497 e. The zero-order valence-corrected chi connectivity index (χ0v) is 13.3. The highest BCUT2D eigenvalue weighted by Crippen LogP contribution is 2.32. The van der Waals surface area contributed by atoms with Crippen molar-refractivity contribution in [3.05, 3.63) is 41.6 Å². The zero-order valence-electron chi connectivity index (χ0n) is 13.3. The highest BCUT2D eigenvalue weighted by molar-refractivity contribution is 5.68. The molecule has 1 aromatic carbocycles. The van der Waals surface area contributed by atoms with E-state index in [1.54, 1.807) is 14.2 Å². The van der Waals surface area contributed by atoms with Crippen molar-refractivity contribution in [2.75, 3.05) is 14.2 Å². The molecule has 1 aliphatic rings. The lowest BCUT2D eigenvalue weighted by Crippen LogP contribution is -2.16. The largest absolute Gasteiger partial charge is 0.497 e. The van der Waals surface area contributed by atoms with Crippen molar-refractivity contribution in [2.45, 2.75) is 32.4 Å². The number of aromatic nitrogens is 1. The first-order chi connectivity index (χ1) is 10.7. The number of nitrogens with zero attached hydrogens (tertiary/aromatic N) is 1. The minimum atomic E-state index is 0.709. The molecule has 1 fully saturated rings. The van der Waals surface area contributed by atoms with Gasteiger partial charge in [-0.2, -0.15) is 0 Å². The molecule has 116 valence electrons. The molecule has 4 heteroatoms. The fraction of sp³-hybridized carbons (Fsp3) is 0.389. The van der Waals surface area contributed by atoms with E-state index in [9.17, 15) is 0 Å². The molecule has 3 rings (SSSR count). The first-order valence-corrected chi connectivity index (χ1v) is 7.63. The second-order valence-electron chi connectivity index (χ2n) is 5.66. The number of pyridine rings is 1. The van der Waals surface area contributed by atoms with Crippen LogP contribution in [-0.2, 0) is 6.54 Å². The van der Waals surface area contributed by atoms with Crippen molar-refractivity contribution >= 4 is 0 Å². The molecule has 0 unspecified atom stereocenters. The number of benzene rings is 1. The summed E-state index contributed by atoms with van der Waals surface area (Å²) in [6, 6.07) is 10.7. The Morgan fingerprint density at radius 3 is 2.59 bits per heavy atom. The average molecular weight is 298 g/mol. The lowest BCUT2D eigenvalue weighted by Gasteiger charge is -2.12. The Kier molecular flexibility index (Phi) is 4.29. The number of hydrogen-bond donors (Lipinski definition) is 1. The van der Waals surface area contributed by atoms with E-state index in [2.05, 4.69) is 24.4 Å². The average Bonchev–Trinajstić information content (AvgIpc) is 3.37. The van der Waals surface area contributed by atoms with Crippen LogP contribution in [0.4, 0.5) is 0 Å². The number of aryl methyl sites for hydroxylation is 1. The number of nitrogens with one attached hydrogen (secondary N) is 1. The maximum Gasteiger partial charge on any atom is 0.131 e. The van der Waals surface area contributed by atoms with Crippen molar-refractivity contribution in [3.8, 4) is 22.8 Å². The molecule has 0 amide bonds. The van der Waals surface area contributed by atoms with Crippen LogP contribution in [0.15, 0.2) is 30.3 Å². The topological polar surface area (TPSA) is 43.4 Å². The molecule has 1 aliphatic carbocycles. The lowest BCUT2D eigenvalue weighted by atomic mass is 10.1. The van der Waals surface area contributed by atoms with Crippen molar-refractivity contribution in [2.24, 2.45) is 0 Å². The smallest absolute Gasteiger partial charge is 0.131 e. The van der Waals surface area contributed by atoms with Crippen LogP contribution in [0.3, 0.4) is 0 Å². The summed E-state index contributed by atoms with van der Waals surface area (Å²) in [5.41, 5.74) is 4.21. The number of rotatable bonds is 6. The Morgan fingerprint density at radius 2 is 1.95 bits per heavy atom. The van der Waals surface area contributed by atoms with Crippen LogP contribution < -0.4 is 14.8 Å². The van der Waals surface area contributed by atoms with E-state index in [1.807, 2.05) is 18.2 Å². The summed E-state index contributed by atoms with van der Waals surface area (Å²) in [5.74, 6) is 1.55. The summed E-state index contributed by atoms with van der Waals surface area (Å²) in [5, 5.41) is 3.53. The SMILES string of the molecule is COc1ccc(-c2ccc(CNC3CC3)c(C)n2)c(OC)c1. The third-order valence-electron chi connectivity index (χ3n) is 4.04. The van der Waals surface area contributed by atoms with Crippen molar-refractivity contribution < 1.29 is 9.47 Å². The van der Waals surface area contributed by atoms with E-state index >= 15 is 0 Å². The molecule has 22 heavy (non-hydrogen) atoms. The van der Waals surface area contributed by atoms with Crippen LogP contribution >= 0.6 is 0 Å². The van der Waals surface area contributed by atoms with E-state index < -0.39 is 0 Å². The van der Waals surface area contributed by atoms with Crippen LogP contribution in [0, 0.1) is 6.92 Å². The second kappa shape index (κ2) is 6.36. The van der Waals surface area contributed by atoms with Crippen molar-refractivity contribution in [1.82, 2.24) is 10.3 Å². The highest BCUT2D eigenvalue weighted by Gasteiger charge is 2.20. The van der Waals surface area contributed by atoms with E-state index in [0.717, 1.165) is 35.0 Å². The van der Waals surface area contributed by atoms with Gasteiger partial charge >= 0.3 is 0 Å². The van der Waals surface area contributed by atoms with Gasteiger partial charge in [0.1, 0.15) is 11.5 Å². The summed E-state index contributed by atoms with van der Waals surface area (Å²) < 4.78 is 10.7. The fourth-order valence-corrected chi connectivity index (χ4v) is 2.48. The van der Waals surface area contributed by atoms with Crippen LogP contribution in [-0.4, -0.2) is 25.2 Å². The quantitative estimate of drug-likeness (QED) is 0.888. The molecule has 4 nitrogen and oxygen atoms in total. The molecule has 0 radical (unpaired) electrons. The molecule has 0 bridgehead atoms. The van der Waals surface area contributed by atoms with Crippen LogP contribution in [0.1, 0.15) is 24.1 Å². The fourth-order valence-electron chi connectivity index (χ4n) is 2.48. The van der Waals surface area contributed by atoms with Gasteiger partial charge in [-0.05, 0) is 43.5 Å². The Labute approximate surface area is 131 Å². The molecular formula is C18H22N2O2. The summed E-state index contributed by atoms with van der Waals surface area (Å²) in [7, 11) is 3.32. The second-order valence-corrected chi connectivity index (χ2v) is 5.66. The van der Waals surface area contributed by atoms with E-state index in [1.165, 1.54) is 18.4 Å². The predicted molar refractivity (Wildman–Crippen MR) is 87.4 cm³/mol. The monoisotopic (exact) mass is 298 g/mol. The summed E-state index contributed by atoms with van der Waals surface area (Å²) >= 11 is 0. The molecule has 0 atom stereocenters. The molecule has 1 N–H and O–H groups in total. The Bertz CT molecular complexity index is 666. The van der Waals surface area contributed by atoms with Gasteiger partial charge in [0.25, 0.3) is 0 Å². The lowest BCUT2D eigenvalue weighted by molar-refractivity contribution is 0.395. The number of methoxy groups -OCH3 is 2. The zero-order chi connectivity index (χ0) is 15.5. The first-order valence-electron chi connectivity index (χ1n) is 7.63. The molecule has 1 heterocycles. The van der Waals surface area contributed by atoms with Gasteiger partial charge in [0, 0.05) is 29.9 Å². The maximum absolute atomic E-state index is 5.47. The van der Waals surface area contributed by atoms with Gasteiger partial charge in [0.2, 0.25) is 0 Å². The summed E-state index contributed by atoms with van der Waals surface area (Å²) in [6.07, 6.45) is 2.60. The third-order valence-corrected chi connectivity index (χ3v) is 4.04. The van der Waals surface area contributed by atoms with Crippen molar-refractivity contribution in [3.63, 3.8) is 0 Å². The van der Waals surface area contributed by atoms with Crippen LogP contribution in [0.25, 0.3) is 11.3 Å². The Hall–Kier alpha value is -2.07. The number of hydrogen-bond acceptors (Lipinski definition) is 4. The van der Waals surface area contributed by atoms with E-state index in [0.29, 0.717) is 6.04 Å². The molecular weight excluding hydrogens is 276 g/mol. The standard InChI is InChI=1S/C18H22N2O2/c1-12-13(11-19-14-5-6-14)4-9-17(20-12)16-8-7-15(21-2)10-18(16)22-3/h4,7-10,14,19H,5-6,11H2,1-3H3. The van der Waals surface area contributed by atoms with Crippen LogP contribution in [0.2, 0.25) is 0 Å². The summed E-state index contributed by atoms with van der Waals surface area (Å²) in [6.45, 7) is 2.95. The Morgan fingerprint density at radius 1 is 1.14 bits per heavy atom. The van der Waals surface area contributed by atoms with Gasteiger partial charge in [0.15, 0.2) is 0 Å². The van der Waals surface area contributed by atoms with Gasteiger partial charge in [-0.1, -0.05) is 6.07 Å². The van der Waals surface area contributed by atoms with Gasteiger partial charge < -0.3 is 14.8 Å². The first kappa shape index (κ1) is 14.9. The highest BCUT2D eigenvalue weighted by atomic mass is 16.5. The molecule has 0 spiro atoms. The van der Waals surface area contributed by atoms with E-state index in [4.69, 9.17) is 14.5 Å². The molecule has 1 aromatic heterocycles. The summed E-state index contributed by atoms with van der Waals surface area (Å²) in [4.78, 5) is 4.75.